The van der Waals surface area contributed by atoms with Gasteiger partial charge in [-0.15, -0.1) is 0 Å². The predicted octanol–water partition coefficient (Wildman–Crippen LogP) is 4.43. The van der Waals surface area contributed by atoms with Crippen LogP contribution in [0.3, 0.4) is 0 Å². The van der Waals surface area contributed by atoms with E-state index < -0.39 is 6.10 Å². The van der Waals surface area contributed by atoms with Crippen molar-refractivity contribution in [1.82, 2.24) is 4.98 Å². The second kappa shape index (κ2) is 6.02. The summed E-state index contributed by atoms with van der Waals surface area (Å²) in [7, 11) is 0. The Labute approximate surface area is 124 Å². The number of nitrogens with zero attached hydrogens (tertiary/aromatic N) is 1. The number of rotatable bonds is 3. The molecule has 2 nitrogen and oxygen atoms in total. The fourth-order valence-electron chi connectivity index (χ4n) is 1.66. The van der Waals surface area contributed by atoms with E-state index in [0.29, 0.717) is 22.0 Å². The fraction of sp³-hybridized carbons (Fsp3) is 0.154. The zero-order valence-electron chi connectivity index (χ0n) is 9.28. The Kier molecular flexibility index (Phi) is 4.62. The maximum atomic E-state index is 10.2. The van der Waals surface area contributed by atoms with Crippen molar-refractivity contribution in [3.05, 3.63) is 62.3 Å². The number of aromatic nitrogens is 1. The van der Waals surface area contributed by atoms with E-state index >= 15 is 0 Å². The lowest BCUT2D eigenvalue weighted by atomic mass is 10.0. The molecule has 0 aliphatic carbocycles. The van der Waals surface area contributed by atoms with E-state index in [2.05, 4.69) is 20.9 Å². The van der Waals surface area contributed by atoms with Gasteiger partial charge in [-0.25, -0.2) is 0 Å². The zero-order valence-corrected chi connectivity index (χ0v) is 12.4. The molecule has 1 aromatic heterocycles. The van der Waals surface area contributed by atoms with E-state index in [0.717, 1.165) is 10.0 Å². The molecule has 0 aliphatic heterocycles. The Balaban J connectivity index is 2.21. The van der Waals surface area contributed by atoms with Gasteiger partial charge < -0.3 is 5.11 Å². The molecule has 18 heavy (non-hydrogen) atoms. The molecule has 2 rings (SSSR count). The second-order valence-electron chi connectivity index (χ2n) is 3.85. The smallest absolute Gasteiger partial charge is 0.0846 e. The Morgan fingerprint density at radius 3 is 2.67 bits per heavy atom. The van der Waals surface area contributed by atoms with E-state index in [1.54, 1.807) is 18.3 Å². The zero-order chi connectivity index (χ0) is 13.1. The summed E-state index contributed by atoms with van der Waals surface area (Å²) >= 11 is 15.4. The molecule has 0 saturated carbocycles. The van der Waals surface area contributed by atoms with E-state index in [-0.39, 0.29) is 0 Å². The molecule has 1 atom stereocenters. The van der Waals surface area contributed by atoms with Crippen molar-refractivity contribution in [2.45, 2.75) is 12.5 Å². The highest BCUT2D eigenvalue weighted by Gasteiger charge is 2.14. The van der Waals surface area contributed by atoms with E-state index in [4.69, 9.17) is 23.2 Å². The Hall–Kier alpha value is -0.610. The molecule has 94 valence electrons. The van der Waals surface area contributed by atoms with Crippen LogP contribution in [0, 0.1) is 0 Å². The molecule has 0 radical (unpaired) electrons. The molecule has 0 saturated heterocycles. The summed E-state index contributed by atoms with van der Waals surface area (Å²) in [4.78, 5) is 3.89. The highest BCUT2D eigenvalue weighted by Crippen LogP contribution is 2.28. The fourth-order valence-corrected chi connectivity index (χ4v) is 2.66. The van der Waals surface area contributed by atoms with Gasteiger partial charge in [-0.3, -0.25) is 4.98 Å². The number of benzene rings is 1. The van der Waals surface area contributed by atoms with Crippen molar-refractivity contribution < 1.29 is 5.11 Å². The molecule has 0 fully saturated rings. The third-order valence-corrected chi connectivity index (χ3v) is 3.75. The first-order valence-corrected chi connectivity index (χ1v) is 6.84. The first-order valence-electron chi connectivity index (χ1n) is 5.29. The SMILES string of the molecule is OC(Cc1ccc(Br)cc1Cl)c1ccncc1Cl. The Morgan fingerprint density at radius 2 is 2.00 bits per heavy atom. The van der Waals surface area contributed by atoms with Gasteiger partial charge in [0.2, 0.25) is 0 Å². The van der Waals surface area contributed by atoms with Crippen LogP contribution >= 0.6 is 39.1 Å². The van der Waals surface area contributed by atoms with E-state index in [9.17, 15) is 5.11 Å². The van der Waals surface area contributed by atoms with Crippen molar-refractivity contribution in [1.29, 1.82) is 0 Å². The minimum Gasteiger partial charge on any atom is -0.388 e. The summed E-state index contributed by atoms with van der Waals surface area (Å²) in [5, 5.41) is 11.2. The summed E-state index contributed by atoms with van der Waals surface area (Å²) in [6.45, 7) is 0. The van der Waals surface area contributed by atoms with Crippen LogP contribution in [0.5, 0.6) is 0 Å². The van der Waals surface area contributed by atoms with Crippen LogP contribution < -0.4 is 0 Å². The van der Waals surface area contributed by atoms with Crippen LogP contribution in [0.15, 0.2) is 41.1 Å². The maximum Gasteiger partial charge on any atom is 0.0846 e. The molecule has 0 amide bonds. The van der Waals surface area contributed by atoms with E-state index in [1.807, 2.05) is 12.1 Å². The van der Waals surface area contributed by atoms with Crippen LogP contribution in [0.4, 0.5) is 0 Å². The number of aliphatic hydroxyl groups excluding tert-OH is 1. The largest absolute Gasteiger partial charge is 0.388 e. The van der Waals surface area contributed by atoms with E-state index in [1.165, 1.54) is 6.20 Å². The average Bonchev–Trinajstić information content (AvgIpc) is 2.33. The van der Waals surface area contributed by atoms with Crippen molar-refractivity contribution in [2.24, 2.45) is 0 Å². The predicted molar refractivity (Wildman–Crippen MR) is 77.1 cm³/mol. The van der Waals surface area contributed by atoms with Gasteiger partial charge in [0, 0.05) is 33.9 Å². The summed E-state index contributed by atoms with van der Waals surface area (Å²) in [6.07, 6.45) is 2.84. The topological polar surface area (TPSA) is 33.1 Å². The summed E-state index contributed by atoms with van der Waals surface area (Å²) < 4.78 is 0.910. The first-order chi connectivity index (χ1) is 8.58. The monoisotopic (exact) mass is 345 g/mol. The van der Waals surface area contributed by atoms with Gasteiger partial charge in [0.1, 0.15) is 0 Å². The van der Waals surface area contributed by atoms with Crippen LogP contribution in [0.25, 0.3) is 0 Å². The summed E-state index contributed by atoms with van der Waals surface area (Å²) in [5.74, 6) is 0. The lowest BCUT2D eigenvalue weighted by molar-refractivity contribution is 0.178. The van der Waals surface area contributed by atoms with Gasteiger partial charge in [-0.05, 0) is 23.8 Å². The Bertz CT molecular complexity index is 562. The first kappa shape index (κ1) is 13.8. The molecule has 0 aliphatic rings. The molecule has 2 aromatic rings. The van der Waals surface area contributed by atoms with Crippen molar-refractivity contribution >= 4 is 39.1 Å². The third kappa shape index (κ3) is 3.23. The molecule has 0 bridgehead atoms. The molecule has 1 N–H and O–H groups in total. The number of hydrogen-bond acceptors (Lipinski definition) is 2. The maximum absolute atomic E-state index is 10.2. The van der Waals surface area contributed by atoms with Gasteiger partial charge in [-0.2, -0.15) is 0 Å². The van der Waals surface area contributed by atoms with Gasteiger partial charge in [-0.1, -0.05) is 45.2 Å². The normalized spacial score (nSPS) is 12.4. The highest BCUT2D eigenvalue weighted by atomic mass is 79.9. The average molecular weight is 347 g/mol. The second-order valence-corrected chi connectivity index (χ2v) is 5.58. The lowest BCUT2D eigenvalue weighted by Gasteiger charge is -2.13. The quantitative estimate of drug-likeness (QED) is 0.891. The van der Waals surface area contributed by atoms with Gasteiger partial charge in [0.05, 0.1) is 11.1 Å². The molecule has 1 aromatic carbocycles. The number of aliphatic hydroxyl groups is 1. The molecular formula is C13H10BrCl2NO. The molecule has 1 unspecified atom stereocenters. The van der Waals surface area contributed by atoms with Gasteiger partial charge in [0.25, 0.3) is 0 Å². The Morgan fingerprint density at radius 1 is 1.22 bits per heavy atom. The lowest BCUT2D eigenvalue weighted by Crippen LogP contribution is -2.03. The van der Waals surface area contributed by atoms with Crippen molar-refractivity contribution in [3.8, 4) is 0 Å². The number of halogens is 3. The van der Waals surface area contributed by atoms with Gasteiger partial charge in [0.15, 0.2) is 0 Å². The van der Waals surface area contributed by atoms with Gasteiger partial charge >= 0.3 is 0 Å². The summed E-state index contributed by atoms with van der Waals surface area (Å²) in [6, 6.07) is 7.28. The standard InChI is InChI=1S/C13H10BrCl2NO/c14-9-2-1-8(11(15)6-9)5-13(18)10-3-4-17-7-12(10)16/h1-4,6-7,13,18H,5H2. The highest BCUT2D eigenvalue weighted by molar-refractivity contribution is 9.10. The minimum absolute atomic E-state index is 0.413. The molecular weight excluding hydrogens is 337 g/mol. The number of pyridine rings is 1. The van der Waals surface area contributed by atoms with Crippen molar-refractivity contribution in [3.63, 3.8) is 0 Å². The van der Waals surface area contributed by atoms with Crippen LogP contribution in [0.2, 0.25) is 10.0 Å². The molecule has 0 spiro atoms. The molecule has 1 heterocycles. The number of hydrogen-bond donors (Lipinski definition) is 1. The van der Waals surface area contributed by atoms with Crippen molar-refractivity contribution in [2.75, 3.05) is 0 Å². The molecule has 5 heteroatoms. The van der Waals surface area contributed by atoms with Crippen LogP contribution in [-0.2, 0) is 6.42 Å². The van der Waals surface area contributed by atoms with Crippen LogP contribution in [0.1, 0.15) is 17.2 Å². The summed E-state index contributed by atoms with van der Waals surface area (Å²) in [5.41, 5.74) is 1.53. The minimum atomic E-state index is -0.695. The third-order valence-electron chi connectivity index (χ3n) is 2.59. The van der Waals surface area contributed by atoms with Crippen LogP contribution in [-0.4, -0.2) is 10.1 Å².